The molecular formula is C35H43N3O8S. The van der Waals surface area contributed by atoms with Gasteiger partial charge < -0.3 is 29.5 Å². The summed E-state index contributed by atoms with van der Waals surface area (Å²) in [5, 5.41) is 30.1. The van der Waals surface area contributed by atoms with Crippen LogP contribution in [0.2, 0.25) is 0 Å². The first-order chi connectivity index (χ1) is 22.6. The highest BCUT2D eigenvalue weighted by Gasteiger charge is 2.32. The second-order valence-electron chi connectivity index (χ2n) is 11.7. The summed E-state index contributed by atoms with van der Waals surface area (Å²) >= 11 is 1.61. The summed E-state index contributed by atoms with van der Waals surface area (Å²) in [6.07, 6.45) is 8.40. The molecule has 3 N–H and O–H groups in total. The molecule has 0 aliphatic carbocycles. The van der Waals surface area contributed by atoms with Crippen molar-refractivity contribution in [2.24, 2.45) is 0 Å². The predicted octanol–water partition coefficient (Wildman–Crippen LogP) is 6.41. The quantitative estimate of drug-likeness (QED) is 0.205. The SMILES string of the molecule is COc1ccc(C(CC(=O)NC(CCSC)c2nc(C)no2)c2c(O)cc3c(c2O)C(=O)O[C@@H](C)CCCC(=O)CCC/C=C/3)cc1. The largest absolute Gasteiger partial charge is 0.507 e. The summed E-state index contributed by atoms with van der Waals surface area (Å²) in [5.74, 6) is -0.561. The summed E-state index contributed by atoms with van der Waals surface area (Å²) < 4.78 is 16.4. The minimum Gasteiger partial charge on any atom is -0.507 e. The van der Waals surface area contributed by atoms with Gasteiger partial charge in [-0.05, 0) is 87.3 Å². The number of aryl methyl sites for hydroxylation is 1. The van der Waals surface area contributed by atoms with E-state index >= 15 is 0 Å². The topological polar surface area (TPSA) is 161 Å². The molecule has 3 aromatic rings. The number of aromatic hydroxyl groups is 2. The van der Waals surface area contributed by atoms with Gasteiger partial charge in [0.2, 0.25) is 11.8 Å². The third-order valence-corrected chi connectivity index (χ3v) is 8.74. The van der Waals surface area contributed by atoms with Gasteiger partial charge in [-0.2, -0.15) is 16.7 Å². The Labute approximate surface area is 279 Å². The van der Waals surface area contributed by atoms with Crippen LogP contribution in [0, 0.1) is 6.92 Å². The fourth-order valence-electron chi connectivity index (χ4n) is 5.63. The number of thioether (sulfide) groups is 1. The summed E-state index contributed by atoms with van der Waals surface area (Å²) in [6.45, 7) is 3.44. The lowest BCUT2D eigenvalue weighted by Crippen LogP contribution is -2.30. The molecule has 12 heteroatoms. The molecule has 11 nitrogen and oxygen atoms in total. The molecular weight excluding hydrogens is 622 g/mol. The van der Waals surface area contributed by atoms with Gasteiger partial charge in [0.05, 0.1) is 13.2 Å². The van der Waals surface area contributed by atoms with Crippen molar-refractivity contribution >= 4 is 35.5 Å². The number of carbonyl (C=O) groups excluding carboxylic acids is 3. The second-order valence-corrected chi connectivity index (χ2v) is 12.7. The molecule has 2 heterocycles. The minimum absolute atomic E-state index is 0.0167. The number of allylic oxidation sites excluding steroid dienone is 1. The van der Waals surface area contributed by atoms with Crippen LogP contribution in [0.3, 0.4) is 0 Å². The Morgan fingerprint density at radius 3 is 2.60 bits per heavy atom. The van der Waals surface area contributed by atoms with Crippen LogP contribution in [-0.2, 0) is 14.3 Å². The lowest BCUT2D eigenvalue weighted by Gasteiger charge is -2.24. The number of nitrogens with zero attached hydrogens (tertiary/aromatic N) is 2. The molecule has 1 aromatic heterocycles. The van der Waals surface area contributed by atoms with Crippen molar-refractivity contribution in [2.75, 3.05) is 19.1 Å². The standard InChI is InChI=1S/C35H43N3O8S/c1-21-9-8-12-25(39)11-7-5-6-10-24-19-29(40)32(33(42)31(24)35(43)45-21)27(23-13-15-26(44-3)16-14-23)20-30(41)37-28(17-18-47-4)34-36-22(2)38-46-34/h6,10,13-16,19,21,27-28,40,42H,5,7-9,11-12,17-18,20H2,1-4H3,(H,37,41)/b10-6+/t21-,27?,28?/m0/s1. The Kier molecular flexibility index (Phi) is 12.9. The van der Waals surface area contributed by atoms with Crippen LogP contribution >= 0.6 is 11.8 Å². The average molecular weight is 666 g/mol. The third-order valence-electron chi connectivity index (χ3n) is 8.09. The number of Topliss-reactive ketones (excluding diaryl/α,β-unsaturated/α-hetero) is 1. The van der Waals surface area contributed by atoms with Crippen molar-refractivity contribution in [1.82, 2.24) is 15.5 Å². The molecule has 47 heavy (non-hydrogen) atoms. The molecule has 1 aliphatic rings. The number of carbonyl (C=O) groups is 3. The van der Waals surface area contributed by atoms with E-state index in [0.717, 1.165) is 5.75 Å². The molecule has 0 saturated carbocycles. The molecule has 4 rings (SSSR count). The van der Waals surface area contributed by atoms with Gasteiger partial charge in [0, 0.05) is 30.7 Å². The van der Waals surface area contributed by atoms with E-state index in [1.54, 1.807) is 62.0 Å². The van der Waals surface area contributed by atoms with Crippen LogP contribution < -0.4 is 10.1 Å². The zero-order chi connectivity index (χ0) is 33.9. The maximum absolute atomic E-state index is 13.7. The van der Waals surface area contributed by atoms with Crippen molar-refractivity contribution in [3.05, 3.63) is 70.4 Å². The van der Waals surface area contributed by atoms with Gasteiger partial charge in [-0.3, -0.25) is 9.59 Å². The Balaban J connectivity index is 1.76. The molecule has 2 unspecified atom stereocenters. The van der Waals surface area contributed by atoms with Crippen molar-refractivity contribution in [3.63, 3.8) is 0 Å². The molecule has 0 saturated heterocycles. The van der Waals surface area contributed by atoms with Gasteiger partial charge in [0.25, 0.3) is 0 Å². The molecule has 0 bridgehead atoms. The molecule has 0 spiro atoms. The Hall–Kier alpha value is -4.32. The minimum atomic E-state index is -0.870. The monoisotopic (exact) mass is 665 g/mol. The van der Waals surface area contributed by atoms with Crippen molar-refractivity contribution in [3.8, 4) is 17.2 Å². The molecule has 3 atom stereocenters. The van der Waals surface area contributed by atoms with Gasteiger partial charge >= 0.3 is 5.97 Å². The van der Waals surface area contributed by atoms with Crippen molar-refractivity contribution in [1.29, 1.82) is 0 Å². The number of cyclic esters (lactones) is 1. The van der Waals surface area contributed by atoms with E-state index in [-0.39, 0.29) is 40.5 Å². The van der Waals surface area contributed by atoms with Gasteiger partial charge in [0.1, 0.15) is 34.6 Å². The smallest absolute Gasteiger partial charge is 0.342 e. The Morgan fingerprint density at radius 1 is 1.17 bits per heavy atom. The molecule has 252 valence electrons. The number of aromatic nitrogens is 2. The van der Waals surface area contributed by atoms with Crippen LogP contribution in [0.5, 0.6) is 17.2 Å². The number of fused-ring (bicyclic) bond motifs is 1. The van der Waals surface area contributed by atoms with E-state index in [2.05, 4.69) is 15.5 Å². The van der Waals surface area contributed by atoms with Crippen LogP contribution in [0.4, 0.5) is 0 Å². The summed E-state index contributed by atoms with van der Waals surface area (Å²) in [5.41, 5.74) is 0.782. The number of rotatable bonds is 10. The zero-order valence-corrected chi connectivity index (χ0v) is 28.1. The second kappa shape index (κ2) is 17.0. The van der Waals surface area contributed by atoms with E-state index in [9.17, 15) is 24.6 Å². The van der Waals surface area contributed by atoms with E-state index in [1.807, 2.05) is 6.26 Å². The summed E-state index contributed by atoms with van der Waals surface area (Å²) in [4.78, 5) is 43.8. The fourth-order valence-corrected chi connectivity index (χ4v) is 6.10. The number of esters is 1. The first-order valence-corrected chi connectivity index (χ1v) is 17.2. The maximum atomic E-state index is 13.7. The number of hydrogen-bond donors (Lipinski definition) is 3. The molecule has 1 amide bonds. The Morgan fingerprint density at radius 2 is 1.91 bits per heavy atom. The van der Waals surface area contributed by atoms with Gasteiger partial charge in [0.15, 0.2) is 5.82 Å². The Bertz CT molecular complexity index is 1570. The summed E-state index contributed by atoms with van der Waals surface area (Å²) in [6, 6.07) is 7.79. The molecule has 2 aromatic carbocycles. The molecule has 1 aliphatic heterocycles. The number of methoxy groups -OCH3 is 1. The first kappa shape index (κ1) is 35.5. The summed E-state index contributed by atoms with van der Waals surface area (Å²) in [7, 11) is 1.54. The van der Waals surface area contributed by atoms with E-state index < -0.39 is 35.7 Å². The third kappa shape index (κ3) is 9.60. The lowest BCUT2D eigenvalue weighted by molar-refractivity contribution is -0.122. The predicted molar refractivity (Wildman–Crippen MR) is 179 cm³/mol. The lowest BCUT2D eigenvalue weighted by atomic mass is 9.84. The number of hydrogen-bond acceptors (Lipinski definition) is 11. The average Bonchev–Trinajstić information content (AvgIpc) is 3.47. The van der Waals surface area contributed by atoms with Crippen LogP contribution in [-0.4, -0.2) is 63.2 Å². The number of amides is 1. The molecule has 0 fully saturated rings. The number of ketones is 1. The molecule has 0 radical (unpaired) electrons. The van der Waals surface area contributed by atoms with E-state index in [0.29, 0.717) is 62.1 Å². The zero-order valence-electron chi connectivity index (χ0n) is 27.3. The van der Waals surface area contributed by atoms with Gasteiger partial charge in [-0.1, -0.05) is 29.4 Å². The van der Waals surface area contributed by atoms with Crippen LogP contribution in [0.25, 0.3) is 6.08 Å². The highest BCUT2D eigenvalue weighted by atomic mass is 32.2. The maximum Gasteiger partial charge on any atom is 0.342 e. The van der Waals surface area contributed by atoms with E-state index in [4.69, 9.17) is 14.0 Å². The number of nitrogens with one attached hydrogen (secondary N) is 1. The highest BCUT2D eigenvalue weighted by Crippen LogP contribution is 2.44. The van der Waals surface area contributed by atoms with Crippen LogP contribution in [0.15, 0.2) is 40.9 Å². The first-order valence-electron chi connectivity index (χ1n) is 15.8. The van der Waals surface area contributed by atoms with E-state index in [1.165, 1.54) is 13.2 Å². The number of ether oxygens (including phenoxy) is 2. The number of benzene rings is 2. The van der Waals surface area contributed by atoms with Crippen LogP contribution in [0.1, 0.15) is 109 Å². The number of phenolic OH excluding ortho intramolecular Hbond substituents is 2. The number of phenols is 2. The fraction of sp³-hybridized carbons (Fsp3) is 0.457. The highest BCUT2D eigenvalue weighted by molar-refractivity contribution is 7.98. The normalized spacial score (nSPS) is 17.9. The van der Waals surface area contributed by atoms with Gasteiger partial charge in [-0.15, -0.1) is 0 Å². The van der Waals surface area contributed by atoms with Crippen molar-refractivity contribution < 1.29 is 38.6 Å². The van der Waals surface area contributed by atoms with Gasteiger partial charge in [-0.25, -0.2) is 4.79 Å². The van der Waals surface area contributed by atoms with Crippen molar-refractivity contribution in [2.45, 2.75) is 83.3 Å².